The summed E-state index contributed by atoms with van der Waals surface area (Å²) < 4.78 is 24.1. The maximum absolute atomic E-state index is 13.5. The second-order valence-corrected chi connectivity index (χ2v) is 6.36. The number of amides is 1. The van der Waals surface area contributed by atoms with Gasteiger partial charge in [0.2, 0.25) is 12.7 Å². The van der Waals surface area contributed by atoms with Gasteiger partial charge in [-0.05, 0) is 48.7 Å². The van der Waals surface area contributed by atoms with E-state index < -0.39 is 0 Å². The summed E-state index contributed by atoms with van der Waals surface area (Å²) in [5.41, 5.74) is 2.79. The lowest BCUT2D eigenvalue weighted by atomic mass is 9.93. The van der Waals surface area contributed by atoms with Crippen LogP contribution in [0, 0.1) is 5.82 Å². The zero-order valence-corrected chi connectivity index (χ0v) is 13.9. The summed E-state index contributed by atoms with van der Waals surface area (Å²) in [4.78, 5) is 14.5. The Labute approximate surface area is 145 Å². The van der Waals surface area contributed by atoms with Crippen LogP contribution in [-0.2, 0) is 11.2 Å². The minimum Gasteiger partial charge on any atom is -0.454 e. The number of fused-ring (bicyclic) bond motifs is 2. The molecule has 0 saturated carbocycles. The Kier molecular flexibility index (Phi) is 4.05. The molecule has 2 heterocycles. The molecule has 0 bridgehead atoms. The second-order valence-electron chi connectivity index (χ2n) is 6.36. The highest BCUT2D eigenvalue weighted by atomic mass is 19.1. The Morgan fingerprint density at radius 3 is 2.96 bits per heavy atom. The summed E-state index contributed by atoms with van der Waals surface area (Å²) in [6.45, 7) is 3.24. The van der Waals surface area contributed by atoms with E-state index in [2.05, 4.69) is 10.2 Å². The Morgan fingerprint density at radius 1 is 1.24 bits per heavy atom. The fraction of sp³-hybridized carbons (Fsp3) is 0.316. The molecule has 1 N–H and O–H groups in total. The van der Waals surface area contributed by atoms with Crippen molar-refractivity contribution in [1.29, 1.82) is 0 Å². The molecule has 1 amide bonds. The van der Waals surface area contributed by atoms with Gasteiger partial charge in [0.1, 0.15) is 5.82 Å². The number of nitrogens with zero attached hydrogens (tertiary/aromatic N) is 1. The van der Waals surface area contributed by atoms with Gasteiger partial charge in [0, 0.05) is 24.3 Å². The van der Waals surface area contributed by atoms with Gasteiger partial charge in [-0.2, -0.15) is 0 Å². The van der Waals surface area contributed by atoms with Crippen molar-refractivity contribution in [3.05, 3.63) is 53.3 Å². The summed E-state index contributed by atoms with van der Waals surface area (Å²) in [6, 6.07) is 10.2. The molecule has 0 radical (unpaired) electrons. The largest absolute Gasteiger partial charge is 0.454 e. The van der Waals surface area contributed by atoms with E-state index in [1.807, 2.05) is 13.0 Å². The zero-order chi connectivity index (χ0) is 17.4. The van der Waals surface area contributed by atoms with Crippen LogP contribution >= 0.6 is 0 Å². The molecule has 6 heteroatoms. The Hall–Kier alpha value is -2.60. The molecule has 1 unspecified atom stereocenters. The molecule has 0 saturated heterocycles. The highest BCUT2D eigenvalue weighted by Gasteiger charge is 2.26. The van der Waals surface area contributed by atoms with Gasteiger partial charge in [0.25, 0.3) is 0 Å². The lowest BCUT2D eigenvalue weighted by Crippen LogP contribution is -2.39. The Morgan fingerprint density at radius 2 is 2.08 bits per heavy atom. The maximum atomic E-state index is 13.5. The van der Waals surface area contributed by atoms with Crippen molar-refractivity contribution in [3.8, 4) is 11.5 Å². The van der Waals surface area contributed by atoms with Gasteiger partial charge in [0.05, 0.1) is 6.54 Å². The van der Waals surface area contributed by atoms with Crippen LogP contribution in [0.4, 0.5) is 10.1 Å². The number of halogens is 1. The van der Waals surface area contributed by atoms with Gasteiger partial charge in [-0.25, -0.2) is 4.39 Å². The third-order valence-corrected chi connectivity index (χ3v) is 4.78. The van der Waals surface area contributed by atoms with Crippen LogP contribution in [0.3, 0.4) is 0 Å². The number of rotatable bonds is 3. The Bertz CT molecular complexity index is 824. The number of hydrogen-bond acceptors (Lipinski definition) is 4. The number of carbonyl (C=O) groups is 1. The van der Waals surface area contributed by atoms with Crippen LogP contribution in [0.25, 0.3) is 0 Å². The van der Waals surface area contributed by atoms with Gasteiger partial charge >= 0.3 is 0 Å². The quantitative estimate of drug-likeness (QED) is 0.931. The van der Waals surface area contributed by atoms with E-state index in [4.69, 9.17) is 9.47 Å². The standard InChI is InChI=1S/C19H19FN2O3/c1-12-16-8-14(20)3-2-13(16)6-7-22(12)10-19(23)21-15-4-5-17-18(9-15)25-11-24-17/h2-5,8-9,12H,6-7,10-11H2,1H3,(H,21,23). The first-order chi connectivity index (χ1) is 12.1. The molecule has 2 aromatic rings. The van der Waals surface area contributed by atoms with Gasteiger partial charge in [-0.3, -0.25) is 9.69 Å². The first kappa shape index (κ1) is 15.9. The molecule has 0 spiro atoms. The van der Waals surface area contributed by atoms with Gasteiger partial charge in [-0.15, -0.1) is 0 Å². The molecule has 2 aliphatic rings. The molecule has 25 heavy (non-hydrogen) atoms. The Balaban J connectivity index is 1.43. The van der Waals surface area contributed by atoms with Crippen molar-refractivity contribution < 1.29 is 18.7 Å². The van der Waals surface area contributed by atoms with Crippen LogP contribution in [0.2, 0.25) is 0 Å². The van der Waals surface area contributed by atoms with Crippen molar-refractivity contribution in [2.45, 2.75) is 19.4 Å². The third-order valence-electron chi connectivity index (χ3n) is 4.78. The first-order valence-electron chi connectivity index (χ1n) is 8.32. The summed E-state index contributed by atoms with van der Waals surface area (Å²) in [5.74, 6) is 0.970. The number of ether oxygens (including phenoxy) is 2. The van der Waals surface area contributed by atoms with Crippen molar-refractivity contribution in [2.75, 3.05) is 25.2 Å². The van der Waals surface area contributed by atoms with E-state index >= 15 is 0 Å². The van der Waals surface area contributed by atoms with Crippen molar-refractivity contribution in [3.63, 3.8) is 0 Å². The fourth-order valence-corrected chi connectivity index (χ4v) is 3.41. The van der Waals surface area contributed by atoms with E-state index in [1.165, 1.54) is 6.07 Å². The average molecular weight is 342 g/mol. The highest BCUT2D eigenvalue weighted by molar-refractivity contribution is 5.92. The predicted octanol–water partition coefficient (Wildman–Crippen LogP) is 3.11. The number of nitrogens with one attached hydrogen (secondary N) is 1. The normalized spacial score (nSPS) is 18.7. The SMILES string of the molecule is CC1c2cc(F)ccc2CCN1CC(=O)Nc1ccc2c(c1)OCO2. The molecule has 5 nitrogen and oxygen atoms in total. The minimum absolute atomic E-state index is 0.00181. The lowest BCUT2D eigenvalue weighted by Gasteiger charge is -2.34. The van der Waals surface area contributed by atoms with E-state index in [0.717, 1.165) is 24.1 Å². The van der Waals surface area contributed by atoms with Crippen molar-refractivity contribution >= 4 is 11.6 Å². The lowest BCUT2D eigenvalue weighted by molar-refractivity contribution is -0.117. The zero-order valence-electron chi connectivity index (χ0n) is 13.9. The van der Waals surface area contributed by atoms with E-state index in [1.54, 1.807) is 24.3 Å². The van der Waals surface area contributed by atoms with E-state index in [0.29, 0.717) is 17.2 Å². The van der Waals surface area contributed by atoms with Crippen molar-refractivity contribution in [1.82, 2.24) is 4.90 Å². The van der Waals surface area contributed by atoms with Gasteiger partial charge in [-0.1, -0.05) is 6.07 Å². The highest BCUT2D eigenvalue weighted by Crippen LogP contribution is 2.34. The number of carbonyl (C=O) groups excluding carboxylic acids is 1. The number of benzene rings is 2. The smallest absolute Gasteiger partial charge is 0.238 e. The van der Waals surface area contributed by atoms with E-state index in [9.17, 15) is 9.18 Å². The summed E-state index contributed by atoms with van der Waals surface area (Å²) in [6.07, 6.45) is 0.817. The molecule has 1 atom stereocenters. The van der Waals surface area contributed by atoms with Crippen LogP contribution in [-0.4, -0.2) is 30.7 Å². The summed E-state index contributed by atoms with van der Waals surface area (Å²) in [7, 11) is 0. The van der Waals surface area contributed by atoms with Gasteiger partial charge in [0.15, 0.2) is 11.5 Å². The number of anilines is 1. The topological polar surface area (TPSA) is 50.8 Å². The predicted molar refractivity (Wildman–Crippen MR) is 91.3 cm³/mol. The molecule has 130 valence electrons. The minimum atomic E-state index is -0.239. The molecule has 2 aromatic carbocycles. The molecular weight excluding hydrogens is 323 g/mol. The molecule has 4 rings (SSSR count). The monoisotopic (exact) mass is 342 g/mol. The fourth-order valence-electron chi connectivity index (χ4n) is 3.41. The second kappa shape index (κ2) is 6.37. The van der Waals surface area contributed by atoms with Crippen LogP contribution in [0.1, 0.15) is 24.1 Å². The molecule has 0 aliphatic carbocycles. The van der Waals surface area contributed by atoms with Crippen LogP contribution in [0.5, 0.6) is 11.5 Å². The molecule has 0 fully saturated rings. The average Bonchev–Trinajstić information content (AvgIpc) is 3.05. The van der Waals surface area contributed by atoms with E-state index in [-0.39, 0.29) is 31.1 Å². The van der Waals surface area contributed by atoms with Crippen LogP contribution < -0.4 is 14.8 Å². The summed E-state index contributed by atoms with van der Waals surface area (Å²) >= 11 is 0. The summed E-state index contributed by atoms with van der Waals surface area (Å²) in [5, 5.41) is 2.88. The molecular formula is C19H19FN2O3. The number of hydrogen-bond donors (Lipinski definition) is 1. The first-order valence-corrected chi connectivity index (χ1v) is 8.32. The molecule has 0 aromatic heterocycles. The van der Waals surface area contributed by atoms with Crippen molar-refractivity contribution in [2.24, 2.45) is 0 Å². The molecule has 2 aliphatic heterocycles. The third kappa shape index (κ3) is 3.17. The maximum Gasteiger partial charge on any atom is 0.238 e. The van der Waals surface area contributed by atoms with Gasteiger partial charge < -0.3 is 14.8 Å². The van der Waals surface area contributed by atoms with Crippen LogP contribution in [0.15, 0.2) is 36.4 Å².